The van der Waals surface area contributed by atoms with Crippen LogP contribution in [0.15, 0.2) is 24.3 Å². The number of halogens is 3. The second-order valence-electron chi connectivity index (χ2n) is 6.97. The molecule has 0 amide bonds. The van der Waals surface area contributed by atoms with E-state index in [1.807, 2.05) is 29.2 Å². The van der Waals surface area contributed by atoms with Gasteiger partial charge in [0, 0.05) is 19.6 Å². The lowest BCUT2D eigenvalue weighted by Gasteiger charge is -2.20. The topological polar surface area (TPSA) is 12.5 Å². The lowest BCUT2D eigenvalue weighted by atomic mass is 9.87. The molecule has 124 valence electrons. The smallest absolute Gasteiger partial charge is 0.390 e. The van der Waals surface area contributed by atoms with E-state index in [-0.39, 0.29) is 18.1 Å². The summed E-state index contributed by atoms with van der Waals surface area (Å²) >= 11 is 0. The molecule has 0 aliphatic carbocycles. The summed E-state index contributed by atoms with van der Waals surface area (Å²) in [6, 6.07) is 7.98. The molecule has 0 spiro atoms. The van der Waals surface area contributed by atoms with Crippen molar-refractivity contribution in [3.63, 3.8) is 0 Å². The Balaban J connectivity index is 1.83. The molecule has 1 aromatic carbocycles. The first-order valence-corrected chi connectivity index (χ1v) is 7.70. The minimum Gasteiger partial charge on any atom is -0.489 e. The van der Waals surface area contributed by atoms with Crippen LogP contribution in [0.3, 0.4) is 0 Å². The van der Waals surface area contributed by atoms with Crippen molar-refractivity contribution in [1.82, 2.24) is 4.90 Å². The van der Waals surface area contributed by atoms with E-state index in [1.54, 1.807) is 0 Å². The quantitative estimate of drug-likeness (QED) is 0.817. The van der Waals surface area contributed by atoms with Crippen LogP contribution in [-0.4, -0.2) is 36.8 Å². The highest BCUT2D eigenvalue weighted by molar-refractivity contribution is 5.31. The van der Waals surface area contributed by atoms with Crippen LogP contribution >= 0.6 is 0 Å². The van der Waals surface area contributed by atoms with Gasteiger partial charge in [0.2, 0.25) is 0 Å². The molecular weight excluding hydrogens is 291 g/mol. The number of hydrogen-bond acceptors (Lipinski definition) is 2. The summed E-state index contributed by atoms with van der Waals surface area (Å²) in [7, 11) is 0. The van der Waals surface area contributed by atoms with E-state index in [9.17, 15) is 13.2 Å². The molecule has 0 bridgehead atoms. The lowest BCUT2D eigenvalue weighted by Crippen LogP contribution is -2.28. The molecule has 1 unspecified atom stereocenters. The number of hydrogen-bond donors (Lipinski definition) is 0. The third-order valence-corrected chi connectivity index (χ3v) is 3.96. The van der Waals surface area contributed by atoms with Gasteiger partial charge in [-0.3, -0.25) is 4.90 Å². The van der Waals surface area contributed by atoms with Gasteiger partial charge in [0.25, 0.3) is 0 Å². The van der Waals surface area contributed by atoms with Crippen molar-refractivity contribution in [2.24, 2.45) is 0 Å². The van der Waals surface area contributed by atoms with Gasteiger partial charge in [-0.25, -0.2) is 0 Å². The molecule has 0 N–H and O–H groups in total. The van der Waals surface area contributed by atoms with Crippen LogP contribution in [0.25, 0.3) is 0 Å². The highest BCUT2D eigenvalue weighted by Crippen LogP contribution is 2.26. The highest BCUT2D eigenvalue weighted by atomic mass is 19.4. The summed E-state index contributed by atoms with van der Waals surface area (Å²) < 4.78 is 42.6. The van der Waals surface area contributed by atoms with E-state index >= 15 is 0 Å². The molecule has 0 aromatic heterocycles. The van der Waals surface area contributed by atoms with Crippen LogP contribution in [0.1, 0.15) is 39.2 Å². The molecule has 0 radical (unpaired) electrons. The first-order chi connectivity index (χ1) is 10.1. The van der Waals surface area contributed by atoms with Crippen LogP contribution in [0.2, 0.25) is 0 Å². The Morgan fingerprint density at radius 3 is 2.32 bits per heavy atom. The molecule has 1 aliphatic heterocycles. The summed E-state index contributed by atoms with van der Waals surface area (Å²) in [4.78, 5) is 1.82. The van der Waals surface area contributed by atoms with Crippen LogP contribution < -0.4 is 4.74 Å². The fourth-order valence-electron chi connectivity index (χ4n) is 2.61. The van der Waals surface area contributed by atoms with Crippen molar-refractivity contribution >= 4 is 0 Å². The molecule has 2 nitrogen and oxygen atoms in total. The van der Waals surface area contributed by atoms with Gasteiger partial charge < -0.3 is 4.74 Å². The summed E-state index contributed by atoms with van der Waals surface area (Å²) in [5, 5.41) is 0. The van der Waals surface area contributed by atoms with Crippen LogP contribution in [0.4, 0.5) is 13.2 Å². The highest BCUT2D eigenvalue weighted by Gasteiger charge is 2.31. The third-order valence-electron chi connectivity index (χ3n) is 3.96. The van der Waals surface area contributed by atoms with Crippen molar-refractivity contribution < 1.29 is 17.9 Å². The second kappa shape index (κ2) is 6.49. The van der Waals surface area contributed by atoms with E-state index in [0.29, 0.717) is 13.1 Å². The maximum absolute atomic E-state index is 12.2. The van der Waals surface area contributed by atoms with Gasteiger partial charge in [-0.1, -0.05) is 32.9 Å². The number of benzene rings is 1. The van der Waals surface area contributed by atoms with E-state index in [1.165, 1.54) is 5.56 Å². The van der Waals surface area contributed by atoms with Gasteiger partial charge in [0.05, 0.1) is 6.42 Å². The average Bonchev–Trinajstić information content (AvgIpc) is 2.83. The molecular formula is C17H24F3NO. The Morgan fingerprint density at radius 1 is 1.14 bits per heavy atom. The van der Waals surface area contributed by atoms with Gasteiger partial charge >= 0.3 is 6.18 Å². The molecule has 1 saturated heterocycles. The standard InChI is InChI=1S/C17H24F3NO/c1-16(2,3)13-4-6-14(7-5-13)22-15-8-10-21(12-15)11-9-17(18,19)20/h4-7,15H,8-12H2,1-3H3. The molecule has 1 aliphatic rings. The van der Waals surface area contributed by atoms with Crippen molar-refractivity contribution in [3.8, 4) is 5.75 Å². The van der Waals surface area contributed by atoms with Crippen molar-refractivity contribution in [2.75, 3.05) is 19.6 Å². The number of ether oxygens (including phenoxy) is 1. The van der Waals surface area contributed by atoms with Crippen molar-refractivity contribution in [1.29, 1.82) is 0 Å². The summed E-state index contributed by atoms with van der Waals surface area (Å²) in [5.41, 5.74) is 1.33. The average molecular weight is 315 g/mol. The van der Waals surface area contributed by atoms with Gasteiger partial charge in [-0.2, -0.15) is 13.2 Å². The first kappa shape index (κ1) is 17.1. The van der Waals surface area contributed by atoms with Gasteiger partial charge in [0.1, 0.15) is 11.9 Å². The Bertz CT molecular complexity index is 476. The van der Waals surface area contributed by atoms with E-state index in [2.05, 4.69) is 20.8 Å². The van der Waals surface area contributed by atoms with E-state index in [4.69, 9.17) is 4.74 Å². The Kier molecular flexibility index (Phi) is 5.05. The Labute approximate surface area is 130 Å². The lowest BCUT2D eigenvalue weighted by molar-refractivity contribution is -0.137. The van der Waals surface area contributed by atoms with Crippen LogP contribution in [0.5, 0.6) is 5.75 Å². The zero-order valence-corrected chi connectivity index (χ0v) is 13.4. The monoisotopic (exact) mass is 315 g/mol. The molecule has 1 atom stereocenters. The molecule has 1 aromatic rings. The fraction of sp³-hybridized carbons (Fsp3) is 0.647. The van der Waals surface area contributed by atoms with Crippen LogP contribution in [0, 0.1) is 0 Å². The predicted molar refractivity (Wildman–Crippen MR) is 81.3 cm³/mol. The maximum Gasteiger partial charge on any atom is 0.390 e. The zero-order chi connectivity index (χ0) is 16.4. The minimum absolute atomic E-state index is 0.0197. The number of rotatable bonds is 4. The number of likely N-dealkylation sites (tertiary alicyclic amines) is 1. The van der Waals surface area contributed by atoms with Gasteiger partial charge in [-0.05, 0) is 29.5 Å². The second-order valence-corrected chi connectivity index (χ2v) is 6.97. The van der Waals surface area contributed by atoms with Crippen molar-refractivity contribution in [2.45, 2.75) is 51.3 Å². The molecule has 2 rings (SSSR count). The summed E-state index contributed by atoms with van der Waals surface area (Å²) in [6.07, 6.45) is -4.07. The largest absolute Gasteiger partial charge is 0.489 e. The molecule has 22 heavy (non-hydrogen) atoms. The number of nitrogens with zero attached hydrogens (tertiary/aromatic N) is 1. The summed E-state index contributed by atoms with van der Waals surface area (Å²) in [5.74, 6) is 0.788. The summed E-state index contributed by atoms with van der Waals surface area (Å²) in [6.45, 7) is 7.75. The molecule has 1 heterocycles. The Morgan fingerprint density at radius 2 is 1.77 bits per heavy atom. The Hall–Kier alpha value is -1.23. The zero-order valence-electron chi connectivity index (χ0n) is 13.4. The third kappa shape index (κ3) is 5.20. The molecule has 5 heteroatoms. The minimum atomic E-state index is -4.08. The maximum atomic E-state index is 12.2. The van der Waals surface area contributed by atoms with Crippen molar-refractivity contribution in [3.05, 3.63) is 29.8 Å². The molecule has 0 saturated carbocycles. The fourth-order valence-corrected chi connectivity index (χ4v) is 2.61. The molecule has 1 fully saturated rings. The number of alkyl halides is 3. The normalized spacial score (nSPS) is 20.4. The first-order valence-electron chi connectivity index (χ1n) is 7.70. The predicted octanol–water partition coefficient (Wildman–Crippen LogP) is 4.39. The van der Waals surface area contributed by atoms with Gasteiger partial charge in [0.15, 0.2) is 0 Å². The van der Waals surface area contributed by atoms with Gasteiger partial charge in [-0.15, -0.1) is 0 Å². The van der Waals surface area contributed by atoms with E-state index < -0.39 is 12.6 Å². The SMILES string of the molecule is CC(C)(C)c1ccc(OC2CCN(CCC(F)(F)F)C2)cc1. The van der Waals surface area contributed by atoms with Crippen LogP contribution in [-0.2, 0) is 5.41 Å². The van der Waals surface area contributed by atoms with E-state index in [0.717, 1.165) is 12.2 Å².